The first-order valence-corrected chi connectivity index (χ1v) is 8.32. The van der Waals surface area contributed by atoms with Gasteiger partial charge in [0.1, 0.15) is 5.75 Å². The van der Waals surface area contributed by atoms with Gasteiger partial charge in [-0.15, -0.1) is 0 Å². The Balaban J connectivity index is 2.49. The van der Waals surface area contributed by atoms with Crippen LogP contribution in [0.15, 0.2) is 24.3 Å². The Hall–Kier alpha value is -2.32. The summed E-state index contributed by atoms with van der Waals surface area (Å²) in [6, 6.07) is 7.39. The third-order valence-corrected chi connectivity index (χ3v) is 3.80. The van der Waals surface area contributed by atoms with E-state index in [0.717, 1.165) is 30.6 Å². The number of methoxy groups -OCH3 is 1. The monoisotopic (exact) mass is 353 g/mol. The summed E-state index contributed by atoms with van der Waals surface area (Å²) >= 11 is 0. The van der Waals surface area contributed by atoms with E-state index in [0.29, 0.717) is 13.0 Å². The van der Waals surface area contributed by atoms with Crippen molar-refractivity contribution in [3.8, 4) is 5.75 Å². The third-order valence-electron chi connectivity index (χ3n) is 3.80. The van der Waals surface area contributed by atoms with Crippen molar-refractivity contribution in [3.05, 3.63) is 29.8 Å². The molecule has 1 aromatic carbocycles. The minimum atomic E-state index is -1.47. The van der Waals surface area contributed by atoms with E-state index >= 15 is 0 Å². The number of hydrogen-bond acceptors (Lipinski definition) is 5. The Morgan fingerprint density at radius 1 is 1.24 bits per heavy atom. The van der Waals surface area contributed by atoms with Gasteiger partial charge in [0.15, 0.2) is 0 Å². The molecule has 1 atom stereocenters. The van der Waals surface area contributed by atoms with Gasteiger partial charge in [0, 0.05) is 6.54 Å². The van der Waals surface area contributed by atoms with Gasteiger partial charge >= 0.3 is 6.09 Å². The smallest absolute Gasteiger partial charge is 0.431 e. The molecular weight excluding hydrogens is 326 g/mol. The number of hydrogen-bond donors (Lipinski definition) is 4. The van der Waals surface area contributed by atoms with Crippen molar-refractivity contribution in [2.24, 2.45) is 5.92 Å². The van der Waals surface area contributed by atoms with E-state index in [1.165, 1.54) is 0 Å². The Bertz CT molecular complexity index is 536. The lowest BCUT2D eigenvalue weighted by Gasteiger charge is -2.20. The molecule has 0 bridgehead atoms. The SMILES string of the molecule is CCCCC[C@H](CN(O)C(=O)O)C(=O)NNCc1ccc(OC)cc1. The van der Waals surface area contributed by atoms with Crippen molar-refractivity contribution in [2.45, 2.75) is 39.2 Å². The third kappa shape index (κ3) is 7.86. The van der Waals surface area contributed by atoms with Crippen LogP contribution in [0.25, 0.3) is 0 Å². The predicted molar refractivity (Wildman–Crippen MR) is 92.1 cm³/mol. The van der Waals surface area contributed by atoms with Gasteiger partial charge in [-0.05, 0) is 24.1 Å². The molecule has 4 N–H and O–H groups in total. The van der Waals surface area contributed by atoms with Crippen LogP contribution in [-0.4, -0.2) is 41.0 Å². The van der Waals surface area contributed by atoms with Gasteiger partial charge in [0.2, 0.25) is 5.91 Å². The topological polar surface area (TPSA) is 111 Å². The van der Waals surface area contributed by atoms with Gasteiger partial charge in [-0.25, -0.2) is 10.2 Å². The van der Waals surface area contributed by atoms with Crippen molar-refractivity contribution in [1.29, 1.82) is 0 Å². The molecule has 0 radical (unpaired) electrons. The molecule has 8 nitrogen and oxygen atoms in total. The standard InChI is InChI=1S/C17H27N3O5/c1-3-4-5-6-14(12-20(24)17(22)23)16(21)19-18-11-13-7-9-15(25-2)10-8-13/h7-10,14,18,24H,3-6,11-12H2,1-2H3,(H,19,21)(H,22,23)/t14-/m1/s1. The van der Waals surface area contributed by atoms with Crippen LogP contribution >= 0.6 is 0 Å². The average molecular weight is 353 g/mol. The lowest BCUT2D eigenvalue weighted by atomic mass is 10.0. The minimum absolute atomic E-state index is 0.152. The Labute approximate surface area is 147 Å². The fourth-order valence-corrected chi connectivity index (χ4v) is 2.31. The number of nitrogens with zero attached hydrogens (tertiary/aromatic N) is 1. The summed E-state index contributed by atoms with van der Waals surface area (Å²) in [6.45, 7) is 2.20. The number of hydrazine groups is 1. The number of carbonyl (C=O) groups is 2. The zero-order valence-electron chi connectivity index (χ0n) is 14.7. The maximum absolute atomic E-state index is 12.3. The molecule has 0 unspecified atom stereocenters. The number of benzene rings is 1. The molecule has 2 amide bonds. The normalized spacial score (nSPS) is 11.6. The molecule has 0 aliphatic heterocycles. The fourth-order valence-electron chi connectivity index (χ4n) is 2.31. The van der Waals surface area contributed by atoms with Crippen LogP contribution in [0, 0.1) is 5.92 Å². The van der Waals surface area contributed by atoms with Crippen LogP contribution in [0.1, 0.15) is 38.2 Å². The summed E-state index contributed by atoms with van der Waals surface area (Å²) in [4.78, 5) is 23.0. The summed E-state index contributed by atoms with van der Waals surface area (Å²) in [5.41, 5.74) is 6.36. The van der Waals surface area contributed by atoms with Crippen LogP contribution in [0.5, 0.6) is 5.75 Å². The van der Waals surface area contributed by atoms with Gasteiger partial charge < -0.3 is 9.84 Å². The van der Waals surface area contributed by atoms with Crippen LogP contribution in [0.2, 0.25) is 0 Å². The number of nitrogens with one attached hydrogen (secondary N) is 2. The molecule has 8 heteroatoms. The van der Waals surface area contributed by atoms with Crippen LogP contribution < -0.4 is 15.6 Å². The van der Waals surface area contributed by atoms with Crippen molar-refractivity contribution >= 4 is 12.0 Å². The van der Waals surface area contributed by atoms with Gasteiger partial charge in [-0.2, -0.15) is 5.06 Å². The number of amides is 2. The quantitative estimate of drug-likeness (QED) is 0.276. The lowest BCUT2D eigenvalue weighted by Crippen LogP contribution is -2.44. The van der Waals surface area contributed by atoms with Gasteiger partial charge in [-0.1, -0.05) is 38.3 Å². The van der Waals surface area contributed by atoms with E-state index in [1.807, 2.05) is 31.2 Å². The molecule has 1 aromatic rings. The summed E-state index contributed by atoms with van der Waals surface area (Å²) in [5.74, 6) is -0.207. The fraction of sp³-hybridized carbons (Fsp3) is 0.529. The first kappa shape index (κ1) is 20.7. The van der Waals surface area contributed by atoms with Crippen molar-refractivity contribution in [2.75, 3.05) is 13.7 Å². The molecule has 140 valence electrons. The van der Waals surface area contributed by atoms with Crippen molar-refractivity contribution in [3.63, 3.8) is 0 Å². The largest absolute Gasteiger partial charge is 0.497 e. The molecule has 0 saturated heterocycles. The maximum atomic E-state index is 12.3. The molecule has 1 rings (SSSR count). The van der Waals surface area contributed by atoms with E-state index in [4.69, 9.17) is 9.84 Å². The summed E-state index contributed by atoms with van der Waals surface area (Å²) in [5, 5.41) is 18.3. The Morgan fingerprint density at radius 3 is 2.48 bits per heavy atom. The van der Waals surface area contributed by atoms with Crippen LogP contribution in [0.3, 0.4) is 0 Å². The Morgan fingerprint density at radius 2 is 1.92 bits per heavy atom. The van der Waals surface area contributed by atoms with Crippen LogP contribution in [0.4, 0.5) is 4.79 Å². The minimum Gasteiger partial charge on any atom is -0.497 e. The second-order valence-corrected chi connectivity index (χ2v) is 5.75. The highest BCUT2D eigenvalue weighted by molar-refractivity contribution is 5.78. The van der Waals surface area contributed by atoms with E-state index in [-0.39, 0.29) is 17.5 Å². The second kappa shape index (κ2) is 11.3. The van der Waals surface area contributed by atoms with Crippen LogP contribution in [-0.2, 0) is 11.3 Å². The number of hydroxylamine groups is 2. The molecular formula is C17H27N3O5. The molecule has 0 spiro atoms. The number of ether oxygens (including phenoxy) is 1. The van der Waals surface area contributed by atoms with E-state index in [1.54, 1.807) is 7.11 Å². The summed E-state index contributed by atoms with van der Waals surface area (Å²) in [6.07, 6.45) is 1.77. The maximum Gasteiger partial charge on any atom is 0.431 e. The predicted octanol–water partition coefficient (Wildman–Crippen LogP) is 2.38. The first-order valence-electron chi connectivity index (χ1n) is 8.32. The highest BCUT2D eigenvalue weighted by Crippen LogP contribution is 2.13. The van der Waals surface area contributed by atoms with Crippen molar-refractivity contribution in [1.82, 2.24) is 15.9 Å². The molecule has 0 aliphatic rings. The van der Waals surface area contributed by atoms with Gasteiger partial charge in [-0.3, -0.25) is 15.4 Å². The van der Waals surface area contributed by atoms with E-state index in [2.05, 4.69) is 10.9 Å². The lowest BCUT2D eigenvalue weighted by molar-refractivity contribution is -0.131. The average Bonchev–Trinajstić information content (AvgIpc) is 2.61. The van der Waals surface area contributed by atoms with Gasteiger partial charge in [0.05, 0.1) is 19.6 Å². The van der Waals surface area contributed by atoms with E-state index < -0.39 is 12.0 Å². The highest BCUT2D eigenvalue weighted by atomic mass is 16.6. The van der Waals surface area contributed by atoms with E-state index in [9.17, 15) is 14.8 Å². The zero-order chi connectivity index (χ0) is 18.7. The first-order chi connectivity index (χ1) is 12.0. The second-order valence-electron chi connectivity index (χ2n) is 5.75. The number of carboxylic acid groups (broad SMARTS) is 1. The molecule has 0 heterocycles. The summed E-state index contributed by atoms with van der Waals surface area (Å²) < 4.78 is 5.08. The molecule has 0 saturated carbocycles. The number of carbonyl (C=O) groups excluding carboxylic acids is 1. The summed E-state index contributed by atoms with van der Waals surface area (Å²) in [7, 11) is 1.59. The number of rotatable bonds is 11. The molecule has 0 fully saturated rings. The highest BCUT2D eigenvalue weighted by Gasteiger charge is 2.23. The number of unbranched alkanes of at least 4 members (excludes halogenated alkanes) is 2. The molecule has 25 heavy (non-hydrogen) atoms. The zero-order valence-corrected chi connectivity index (χ0v) is 14.7. The van der Waals surface area contributed by atoms with Crippen molar-refractivity contribution < 1.29 is 24.6 Å². The van der Waals surface area contributed by atoms with Gasteiger partial charge in [0.25, 0.3) is 0 Å². The Kier molecular flexibility index (Phi) is 9.34. The molecule has 0 aliphatic carbocycles. The molecule has 0 aromatic heterocycles.